The lowest BCUT2D eigenvalue weighted by molar-refractivity contribution is -0.384. The Labute approximate surface area is 123 Å². The fourth-order valence-corrected chi connectivity index (χ4v) is 3.02. The third kappa shape index (κ3) is 2.44. The number of nitrogens with zero attached hydrogens (tertiary/aromatic N) is 2. The molecule has 21 heavy (non-hydrogen) atoms. The van der Waals surface area contributed by atoms with E-state index in [1.807, 2.05) is 13.0 Å². The molecule has 1 aliphatic carbocycles. The first kappa shape index (κ1) is 13.8. The molecule has 1 aliphatic rings. The highest BCUT2D eigenvalue weighted by atomic mass is 16.6. The number of aromatic nitrogens is 1. The predicted molar refractivity (Wildman–Crippen MR) is 83.6 cm³/mol. The van der Waals surface area contributed by atoms with Gasteiger partial charge in [0.25, 0.3) is 5.69 Å². The smallest absolute Gasteiger partial charge is 0.270 e. The first-order valence-electron chi connectivity index (χ1n) is 7.37. The fourth-order valence-electron chi connectivity index (χ4n) is 3.02. The van der Waals surface area contributed by atoms with Gasteiger partial charge in [0.1, 0.15) is 0 Å². The molecule has 2 aromatic rings. The first-order chi connectivity index (χ1) is 10.0. The van der Waals surface area contributed by atoms with Gasteiger partial charge in [-0.05, 0) is 44.7 Å². The van der Waals surface area contributed by atoms with E-state index in [-0.39, 0.29) is 16.1 Å². The summed E-state index contributed by atoms with van der Waals surface area (Å²) in [6.45, 7) is 4.14. The van der Waals surface area contributed by atoms with Crippen molar-refractivity contribution < 1.29 is 4.92 Å². The summed E-state index contributed by atoms with van der Waals surface area (Å²) < 4.78 is 0. The van der Waals surface area contributed by atoms with Crippen LogP contribution in [0.3, 0.4) is 0 Å². The van der Waals surface area contributed by atoms with Crippen molar-refractivity contribution in [1.29, 1.82) is 0 Å². The molecule has 110 valence electrons. The number of anilines is 1. The standard InChI is InChI=1S/C16H19N3O2/c1-3-16(7-4-8-16)18-15-9-11(2)17-14-6-5-12(19(20)21)10-13(14)15/h5-6,9-10H,3-4,7-8H2,1-2H3,(H,17,18). The third-order valence-electron chi connectivity index (χ3n) is 4.52. The summed E-state index contributed by atoms with van der Waals surface area (Å²) in [4.78, 5) is 15.1. The van der Waals surface area contributed by atoms with Crippen molar-refractivity contribution in [2.24, 2.45) is 0 Å². The highest BCUT2D eigenvalue weighted by Crippen LogP contribution is 2.40. The van der Waals surface area contributed by atoms with E-state index in [2.05, 4.69) is 17.2 Å². The Hall–Kier alpha value is -2.17. The molecule has 3 rings (SSSR count). The van der Waals surface area contributed by atoms with Crippen molar-refractivity contribution in [3.05, 3.63) is 40.1 Å². The molecular formula is C16H19N3O2. The van der Waals surface area contributed by atoms with Crippen LogP contribution in [-0.4, -0.2) is 15.4 Å². The average Bonchev–Trinajstić information content (AvgIpc) is 2.42. The number of non-ortho nitro benzene ring substituents is 1. The molecule has 0 radical (unpaired) electrons. The maximum Gasteiger partial charge on any atom is 0.270 e. The fraction of sp³-hybridized carbons (Fsp3) is 0.438. The number of aryl methyl sites for hydroxylation is 1. The van der Waals surface area contributed by atoms with Crippen LogP contribution < -0.4 is 5.32 Å². The molecule has 0 spiro atoms. The van der Waals surface area contributed by atoms with Gasteiger partial charge in [0.05, 0.1) is 10.4 Å². The second kappa shape index (κ2) is 4.98. The zero-order valence-corrected chi connectivity index (χ0v) is 12.3. The highest BCUT2D eigenvalue weighted by Gasteiger charge is 2.35. The minimum Gasteiger partial charge on any atom is -0.379 e. The molecule has 5 nitrogen and oxygen atoms in total. The van der Waals surface area contributed by atoms with Crippen molar-refractivity contribution >= 4 is 22.3 Å². The molecule has 1 fully saturated rings. The molecule has 0 aliphatic heterocycles. The van der Waals surface area contributed by atoms with Crippen LogP contribution >= 0.6 is 0 Å². The molecule has 1 heterocycles. The second-order valence-electron chi connectivity index (χ2n) is 5.88. The first-order valence-corrected chi connectivity index (χ1v) is 7.37. The number of nitro benzene ring substituents is 1. The number of nitro groups is 1. The molecule has 0 unspecified atom stereocenters. The molecule has 1 N–H and O–H groups in total. The largest absolute Gasteiger partial charge is 0.379 e. The van der Waals surface area contributed by atoms with Crippen molar-refractivity contribution in [3.8, 4) is 0 Å². The van der Waals surface area contributed by atoms with E-state index < -0.39 is 0 Å². The Balaban J connectivity index is 2.10. The molecule has 0 atom stereocenters. The molecule has 1 aromatic heterocycles. The monoisotopic (exact) mass is 285 g/mol. The maximum atomic E-state index is 11.0. The molecule has 1 saturated carbocycles. The van der Waals surface area contributed by atoms with Crippen molar-refractivity contribution in [2.45, 2.75) is 45.1 Å². The van der Waals surface area contributed by atoms with Gasteiger partial charge in [-0.25, -0.2) is 0 Å². The Morgan fingerprint density at radius 1 is 1.38 bits per heavy atom. The van der Waals surface area contributed by atoms with E-state index in [1.165, 1.54) is 12.5 Å². The number of hydrogen-bond donors (Lipinski definition) is 1. The van der Waals surface area contributed by atoms with Gasteiger partial charge in [-0.15, -0.1) is 0 Å². The van der Waals surface area contributed by atoms with Crippen LogP contribution in [0.1, 0.15) is 38.3 Å². The van der Waals surface area contributed by atoms with Gasteiger partial charge in [-0.2, -0.15) is 0 Å². The number of rotatable bonds is 4. The van der Waals surface area contributed by atoms with Crippen LogP contribution in [-0.2, 0) is 0 Å². The van der Waals surface area contributed by atoms with Crippen LogP contribution in [0.15, 0.2) is 24.3 Å². The van der Waals surface area contributed by atoms with Crippen molar-refractivity contribution in [2.75, 3.05) is 5.32 Å². The number of hydrogen-bond acceptors (Lipinski definition) is 4. The van der Waals surface area contributed by atoms with Crippen LogP contribution in [0, 0.1) is 17.0 Å². The lowest BCUT2D eigenvalue weighted by atomic mass is 9.74. The molecule has 0 bridgehead atoms. The topological polar surface area (TPSA) is 68.1 Å². The highest BCUT2D eigenvalue weighted by molar-refractivity contribution is 5.93. The summed E-state index contributed by atoms with van der Waals surface area (Å²) in [7, 11) is 0. The number of nitrogens with one attached hydrogen (secondary N) is 1. The van der Waals surface area contributed by atoms with Crippen molar-refractivity contribution in [1.82, 2.24) is 4.98 Å². The van der Waals surface area contributed by atoms with Crippen LogP contribution in [0.5, 0.6) is 0 Å². The minimum absolute atomic E-state index is 0.107. The van der Waals surface area contributed by atoms with Gasteiger partial charge < -0.3 is 5.32 Å². The normalized spacial score (nSPS) is 16.5. The molecule has 1 aromatic carbocycles. The second-order valence-corrected chi connectivity index (χ2v) is 5.88. The van der Waals surface area contributed by atoms with E-state index in [1.54, 1.807) is 12.1 Å². The van der Waals surface area contributed by atoms with Gasteiger partial charge in [0, 0.05) is 34.4 Å². The summed E-state index contributed by atoms with van der Waals surface area (Å²) in [6, 6.07) is 6.84. The molecule has 0 saturated heterocycles. The van der Waals surface area contributed by atoms with E-state index in [0.29, 0.717) is 0 Å². The third-order valence-corrected chi connectivity index (χ3v) is 4.52. The van der Waals surface area contributed by atoms with E-state index in [9.17, 15) is 10.1 Å². The van der Waals surface area contributed by atoms with Gasteiger partial charge in [-0.3, -0.25) is 15.1 Å². The van der Waals surface area contributed by atoms with Gasteiger partial charge in [0.2, 0.25) is 0 Å². The Bertz CT molecular complexity index is 702. The van der Waals surface area contributed by atoms with Crippen LogP contribution in [0.2, 0.25) is 0 Å². The van der Waals surface area contributed by atoms with Crippen LogP contribution in [0.4, 0.5) is 11.4 Å². The zero-order valence-electron chi connectivity index (χ0n) is 12.3. The molecule has 5 heteroatoms. The number of fused-ring (bicyclic) bond motifs is 1. The van der Waals surface area contributed by atoms with Gasteiger partial charge in [-0.1, -0.05) is 6.92 Å². The quantitative estimate of drug-likeness (QED) is 0.675. The predicted octanol–water partition coefficient (Wildman–Crippen LogP) is 4.20. The Morgan fingerprint density at radius 2 is 2.14 bits per heavy atom. The number of benzene rings is 1. The minimum atomic E-state index is -0.359. The van der Waals surface area contributed by atoms with E-state index >= 15 is 0 Å². The average molecular weight is 285 g/mol. The molecular weight excluding hydrogens is 266 g/mol. The zero-order chi connectivity index (χ0) is 15.0. The summed E-state index contributed by atoms with van der Waals surface area (Å²) in [6.07, 6.45) is 4.61. The maximum absolute atomic E-state index is 11.0. The van der Waals surface area contributed by atoms with Gasteiger partial charge in [0.15, 0.2) is 0 Å². The SMILES string of the molecule is CCC1(Nc2cc(C)nc3ccc([N+](=O)[O-])cc23)CCC1. The lowest BCUT2D eigenvalue weighted by Gasteiger charge is -2.43. The Kier molecular flexibility index (Phi) is 3.27. The number of pyridine rings is 1. The molecule has 0 amide bonds. The summed E-state index contributed by atoms with van der Waals surface area (Å²) in [5.74, 6) is 0. The van der Waals surface area contributed by atoms with Crippen LogP contribution in [0.25, 0.3) is 10.9 Å². The van der Waals surface area contributed by atoms with E-state index in [0.717, 1.165) is 41.5 Å². The lowest BCUT2D eigenvalue weighted by Crippen LogP contribution is -2.44. The van der Waals surface area contributed by atoms with Gasteiger partial charge >= 0.3 is 0 Å². The summed E-state index contributed by atoms with van der Waals surface area (Å²) in [5, 5.41) is 15.5. The van der Waals surface area contributed by atoms with E-state index in [4.69, 9.17) is 0 Å². The Morgan fingerprint density at radius 3 is 2.71 bits per heavy atom. The van der Waals surface area contributed by atoms with Crippen molar-refractivity contribution in [3.63, 3.8) is 0 Å². The summed E-state index contributed by atoms with van der Waals surface area (Å²) in [5.41, 5.74) is 2.93. The summed E-state index contributed by atoms with van der Waals surface area (Å²) >= 11 is 0.